The standard InChI is InChI=1S/C29H24ClFN2O4S2/c1-16-13-15-39-26(16)24-22(25(34)21-4-3-14-38-21)23(17-5-7-18(30)8-6-17)29(2,27(35)36)33(24)28(37)32-20-11-9-19(31)10-12-20/h3-15,22-24H,1-2H3,(H,32,37)(H,35,36). The van der Waals surface area contributed by atoms with Crippen LogP contribution in [0, 0.1) is 18.7 Å². The fourth-order valence-electron chi connectivity index (χ4n) is 5.47. The molecule has 4 aromatic rings. The van der Waals surface area contributed by atoms with Gasteiger partial charge in [0.05, 0.1) is 16.8 Å². The Bertz CT molecular complexity index is 1520. The number of anilines is 1. The first-order chi connectivity index (χ1) is 18.6. The number of carbonyl (C=O) groups is 3. The molecule has 4 unspecified atom stereocenters. The van der Waals surface area contributed by atoms with Crippen LogP contribution < -0.4 is 5.32 Å². The van der Waals surface area contributed by atoms with Gasteiger partial charge in [0.1, 0.15) is 11.4 Å². The Morgan fingerprint density at radius 1 is 1.00 bits per heavy atom. The predicted molar refractivity (Wildman–Crippen MR) is 151 cm³/mol. The topological polar surface area (TPSA) is 86.7 Å². The molecule has 5 rings (SSSR count). The molecule has 2 aromatic carbocycles. The maximum atomic E-state index is 14.2. The van der Waals surface area contributed by atoms with E-state index in [-0.39, 0.29) is 5.78 Å². The summed E-state index contributed by atoms with van der Waals surface area (Å²) in [5.41, 5.74) is -0.114. The van der Waals surface area contributed by atoms with E-state index in [0.717, 1.165) is 10.4 Å². The van der Waals surface area contributed by atoms with Crippen molar-refractivity contribution in [2.45, 2.75) is 31.3 Å². The number of Topliss-reactive ketones (excluding diaryl/α,β-unsaturated/α-hetero) is 1. The average Bonchev–Trinajstić information content (AvgIpc) is 3.64. The molecule has 0 aliphatic carbocycles. The van der Waals surface area contributed by atoms with E-state index < -0.39 is 41.2 Å². The van der Waals surface area contributed by atoms with Gasteiger partial charge in [0.25, 0.3) is 0 Å². The van der Waals surface area contributed by atoms with Gasteiger partial charge in [-0.15, -0.1) is 22.7 Å². The molecule has 1 aliphatic heterocycles. The van der Waals surface area contributed by atoms with E-state index in [1.807, 2.05) is 18.4 Å². The summed E-state index contributed by atoms with van der Waals surface area (Å²) in [5, 5.41) is 17.7. The highest BCUT2D eigenvalue weighted by Crippen LogP contribution is 2.58. The van der Waals surface area contributed by atoms with E-state index in [9.17, 15) is 23.9 Å². The zero-order valence-electron chi connectivity index (χ0n) is 20.9. The molecule has 39 heavy (non-hydrogen) atoms. The normalized spacial score (nSPS) is 22.6. The van der Waals surface area contributed by atoms with Gasteiger partial charge in [-0.05, 0) is 84.3 Å². The Hall–Kier alpha value is -3.53. The summed E-state index contributed by atoms with van der Waals surface area (Å²) in [7, 11) is 0. The van der Waals surface area contributed by atoms with Crippen LogP contribution in [0.25, 0.3) is 0 Å². The minimum absolute atomic E-state index is 0.243. The van der Waals surface area contributed by atoms with Crippen LogP contribution in [0.3, 0.4) is 0 Å². The molecule has 1 fully saturated rings. The van der Waals surface area contributed by atoms with Crippen molar-refractivity contribution in [2.24, 2.45) is 5.92 Å². The van der Waals surface area contributed by atoms with Crippen LogP contribution in [-0.2, 0) is 4.79 Å². The van der Waals surface area contributed by atoms with Crippen LogP contribution >= 0.6 is 34.3 Å². The summed E-state index contributed by atoms with van der Waals surface area (Å²) in [6.45, 7) is 3.36. The number of hydrogen-bond donors (Lipinski definition) is 2. The number of benzene rings is 2. The Morgan fingerprint density at radius 2 is 1.69 bits per heavy atom. The highest BCUT2D eigenvalue weighted by atomic mass is 35.5. The van der Waals surface area contributed by atoms with E-state index in [0.29, 0.717) is 21.2 Å². The third-order valence-corrected chi connectivity index (χ3v) is 9.52. The lowest BCUT2D eigenvalue weighted by Crippen LogP contribution is -2.55. The highest BCUT2D eigenvalue weighted by molar-refractivity contribution is 7.12. The van der Waals surface area contributed by atoms with Gasteiger partial charge in [0, 0.05) is 21.5 Å². The highest BCUT2D eigenvalue weighted by Gasteiger charge is 2.65. The van der Waals surface area contributed by atoms with Crippen molar-refractivity contribution in [1.82, 2.24) is 4.90 Å². The number of urea groups is 1. The lowest BCUT2D eigenvalue weighted by atomic mass is 9.73. The number of thiophene rings is 2. The van der Waals surface area contributed by atoms with Crippen LogP contribution in [0.15, 0.2) is 77.5 Å². The number of carboxylic acid groups (broad SMARTS) is 1. The molecular weight excluding hydrogens is 559 g/mol. The lowest BCUT2D eigenvalue weighted by Gasteiger charge is -2.37. The first-order valence-corrected chi connectivity index (χ1v) is 14.2. The first kappa shape index (κ1) is 27.1. The third-order valence-electron chi connectivity index (χ3n) is 7.30. The summed E-state index contributed by atoms with van der Waals surface area (Å²) in [5.74, 6) is -3.79. The van der Waals surface area contributed by atoms with Gasteiger partial charge in [-0.2, -0.15) is 0 Å². The second kappa shape index (κ2) is 10.6. The van der Waals surface area contributed by atoms with E-state index in [4.69, 9.17) is 11.6 Å². The fraction of sp³-hybridized carbons (Fsp3) is 0.207. The summed E-state index contributed by atoms with van der Waals surface area (Å²) < 4.78 is 13.5. The molecule has 2 aromatic heterocycles. The maximum absolute atomic E-state index is 14.2. The number of carboxylic acids is 1. The van der Waals surface area contributed by atoms with E-state index >= 15 is 0 Å². The van der Waals surface area contributed by atoms with E-state index in [1.165, 1.54) is 58.8 Å². The molecule has 4 atom stereocenters. The molecule has 3 heterocycles. The molecule has 2 N–H and O–H groups in total. The van der Waals surface area contributed by atoms with Crippen molar-refractivity contribution in [3.8, 4) is 0 Å². The SMILES string of the molecule is Cc1ccsc1C1C(C(=O)c2cccs2)C(c2ccc(Cl)cc2)C(C)(C(=O)O)N1C(=O)Nc1ccc(F)cc1. The van der Waals surface area contributed by atoms with Crippen LogP contribution in [0.1, 0.15) is 44.6 Å². The van der Waals surface area contributed by atoms with Gasteiger partial charge >= 0.3 is 12.0 Å². The summed E-state index contributed by atoms with van der Waals surface area (Å²) in [6, 6.07) is 15.7. The number of halogens is 2. The number of amides is 2. The average molecular weight is 583 g/mol. The Balaban J connectivity index is 1.75. The predicted octanol–water partition coefficient (Wildman–Crippen LogP) is 7.63. The second-order valence-corrected chi connectivity index (χ2v) is 11.9. The molecule has 0 bridgehead atoms. The summed E-state index contributed by atoms with van der Waals surface area (Å²) >= 11 is 8.81. The molecular formula is C29H24ClFN2O4S2. The Morgan fingerprint density at radius 3 is 2.26 bits per heavy atom. The zero-order valence-corrected chi connectivity index (χ0v) is 23.3. The molecule has 0 radical (unpaired) electrons. The number of hydrogen-bond acceptors (Lipinski definition) is 5. The Kier molecular flexibility index (Phi) is 7.33. The molecule has 6 nitrogen and oxygen atoms in total. The molecule has 0 saturated carbocycles. The van der Waals surface area contributed by atoms with Gasteiger partial charge in [-0.1, -0.05) is 29.8 Å². The van der Waals surface area contributed by atoms with Crippen LogP contribution in [-0.4, -0.2) is 33.3 Å². The largest absolute Gasteiger partial charge is 0.479 e. The monoisotopic (exact) mass is 582 g/mol. The second-order valence-electron chi connectivity index (χ2n) is 9.57. The number of ketones is 1. The number of aryl methyl sites for hydroxylation is 1. The number of likely N-dealkylation sites (tertiary alicyclic amines) is 1. The van der Waals surface area contributed by atoms with Gasteiger partial charge in [-0.3, -0.25) is 9.69 Å². The number of rotatable bonds is 6. The molecule has 0 spiro atoms. The van der Waals surface area contributed by atoms with Crippen molar-refractivity contribution in [2.75, 3.05) is 5.32 Å². The molecule has 1 aliphatic rings. The Labute approximate surface area is 237 Å². The van der Waals surface area contributed by atoms with E-state index in [1.54, 1.807) is 41.8 Å². The zero-order chi connectivity index (χ0) is 27.9. The van der Waals surface area contributed by atoms with Gasteiger partial charge < -0.3 is 10.4 Å². The van der Waals surface area contributed by atoms with Crippen molar-refractivity contribution < 1.29 is 23.9 Å². The smallest absolute Gasteiger partial charge is 0.330 e. The minimum Gasteiger partial charge on any atom is -0.479 e. The third kappa shape index (κ3) is 4.75. The van der Waals surface area contributed by atoms with Crippen molar-refractivity contribution in [3.05, 3.63) is 109 Å². The van der Waals surface area contributed by atoms with Gasteiger partial charge in [0.2, 0.25) is 0 Å². The quantitative estimate of drug-likeness (QED) is 0.229. The van der Waals surface area contributed by atoms with Crippen molar-refractivity contribution in [3.63, 3.8) is 0 Å². The van der Waals surface area contributed by atoms with Crippen molar-refractivity contribution >= 4 is 57.7 Å². The van der Waals surface area contributed by atoms with Crippen LogP contribution in [0.2, 0.25) is 5.02 Å². The molecule has 2 amide bonds. The van der Waals surface area contributed by atoms with Gasteiger partial charge in [-0.25, -0.2) is 14.0 Å². The fourth-order valence-corrected chi connectivity index (χ4v) is 7.37. The first-order valence-electron chi connectivity index (χ1n) is 12.1. The van der Waals surface area contributed by atoms with Crippen LogP contribution in [0.4, 0.5) is 14.9 Å². The minimum atomic E-state index is -1.84. The summed E-state index contributed by atoms with van der Waals surface area (Å²) in [6.07, 6.45) is 0. The number of nitrogens with one attached hydrogen (secondary N) is 1. The molecule has 200 valence electrons. The van der Waals surface area contributed by atoms with Crippen LogP contribution in [0.5, 0.6) is 0 Å². The van der Waals surface area contributed by atoms with Crippen molar-refractivity contribution in [1.29, 1.82) is 0 Å². The molecule has 1 saturated heterocycles. The number of carbonyl (C=O) groups excluding carboxylic acids is 2. The summed E-state index contributed by atoms with van der Waals surface area (Å²) in [4.78, 5) is 44.0. The van der Waals surface area contributed by atoms with Gasteiger partial charge in [0.15, 0.2) is 5.78 Å². The number of aliphatic carboxylic acids is 1. The number of nitrogens with zero attached hydrogens (tertiary/aromatic N) is 1. The van der Waals surface area contributed by atoms with E-state index in [2.05, 4.69) is 5.32 Å². The maximum Gasteiger partial charge on any atom is 0.330 e. The molecule has 10 heteroatoms. The lowest BCUT2D eigenvalue weighted by molar-refractivity contribution is -0.148.